The highest BCUT2D eigenvalue weighted by molar-refractivity contribution is 7.00. The van der Waals surface area contributed by atoms with Gasteiger partial charge in [-0.25, -0.2) is 40.4 Å². The van der Waals surface area contributed by atoms with E-state index in [1.54, 1.807) is 33.2 Å². The number of ether oxygens (including phenoxy) is 4. The van der Waals surface area contributed by atoms with E-state index < -0.39 is 59.6 Å². The number of nitrogens with zero attached hydrogens (tertiary/aromatic N) is 10. The first kappa shape index (κ1) is 55.7. The molecular formula is C58H72N12O7Si2. The maximum atomic E-state index is 7.89. The van der Waals surface area contributed by atoms with E-state index >= 15 is 0 Å². The van der Waals surface area contributed by atoms with Crippen LogP contribution in [0.4, 0.5) is 11.6 Å². The SMILES string of the molecule is CO[C@@H]1[C@H](CNOC[C@H]2O[C@@H](n3cnc4c(N)ncnc43)[C@H](OC)[C@@H]2O[Si](c2ccccc2)(c2ccccc2)C(C)(C)C)[C@@H](CO[Si](c2ccccc2)(c2ccccc2)C(C)(C)C)O[C@H]1n1cnc2c(/N=C/N(C)C)ncnc21. The number of hydroxylamine groups is 1. The Morgan fingerprint density at radius 3 is 1.61 bits per heavy atom. The maximum absolute atomic E-state index is 7.89. The lowest BCUT2D eigenvalue weighted by molar-refractivity contribution is -0.0908. The molecule has 0 amide bonds. The van der Waals surface area contributed by atoms with Crippen molar-refractivity contribution in [2.24, 2.45) is 10.9 Å². The standard InChI is InChI=1S/C58H72N12O7Si2/c1-57(2,3)78(39-23-15-11-16-24-39,40-25-17-12-18-26-40)74-33-44-43(48(71-9)55(75-44)70-38-65-47-52(66-36-68(7)8)61-35-63-54(47)70)31-67-73-32-45-49(50(72-10)56(76-45)69-37-64-46-51(59)60-34-62-53(46)69)77-79(58(4,5)6,41-27-19-13-20-28-41)42-29-21-14-22-30-42/h11-30,34-38,43-45,48-50,55-56,67H,31-33H2,1-10H3,(H2,59,60,62)/b66-36+/t43-,44-,45-,48-,49-,50-,55-,56-/m1/s1. The van der Waals surface area contributed by atoms with Gasteiger partial charge in [0, 0.05) is 40.8 Å². The molecule has 8 aromatic rings. The van der Waals surface area contributed by atoms with Crippen LogP contribution in [0.5, 0.6) is 0 Å². The van der Waals surface area contributed by atoms with Gasteiger partial charge in [0.25, 0.3) is 16.6 Å². The molecule has 6 heterocycles. The number of nitrogen functional groups attached to an aromatic ring is 1. The number of fused-ring (bicyclic) bond motifs is 2. The third kappa shape index (κ3) is 10.6. The molecule has 4 aromatic heterocycles. The van der Waals surface area contributed by atoms with Crippen molar-refractivity contribution < 1.29 is 32.6 Å². The first-order valence-corrected chi connectivity index (χ1v) is 30.5. The summed E-state index contributed by atoms with van der Waals surface area (Å²) in [7, 11) is 0.922. The highest BCUT2D eigenvalue weighted by atomic mass is 28.4. The Kier molecular flexibility index (Phi) is 16.4. The molecule has 79 heavy (non-hydrogen) atoms. The summed E-state index contributed by atoms with van der Waals surface area (Å²) in [4.78, 5) is 40.4. The van der Waals surface area contributed by atoms with Gasteiger partial charge in [-0.2, -0.15) is 0 Å². The summed E-state index contributed by atoms with van der Waals surface area (Å²) in [5.41, 5.74) is 11.7. The molecule has 2 aliphatic rings. The summed E-state index contributed by atoms with van der Waals surface area (Å²) in [5, 5.41) is 3.88. The van der Waals surface area contributed by atoms with Crippen LogP contribution in [0, 0.1) is 5.92 Å². The Labute approximate surface area is 463 Å². The van der Waals surface area contributed by atoms with Crippen LogP contribution in [-0.2, 0) is 32.6 Å². The Hall–Kier alpha value is -6.64. The number of imidazole rings is 2. The normalized spacial score (nSPS) is 22.2. The van der Waals surface area contributed by atoms with Crippen molar-refractivity contribution in [3.05, 3.63) is 147 Å². The molecule has 0 saturated carbocycles. The molecular weight excluding hydrogens is 1030 g/mol. The minimum atomic E-state index is -3.21. The molecule has 2 aliphatic heterocycles. The van der Waals surface area contributed by atoms with Gasteiger partial charge in [0.2, 0.25) is 0 Å². The number of aliphatic imine (C=N–C) groups is 1. The number of nitrogens with one attached hydrogen (secondary N) is 1. The van der Waals surface area contributed by atoms with E-state index in [0.717, 1.165) is 20.7 Å². The lowest BCUT2D eigenvalue weighted by Gasteiger charge is -2.45. The van der Waals surface area contributed by atoms with E-state index in [9.17, 15) is 0 Å². The lowest BCUT2D eigenvalue weighted by Crippen LogP contribution is -2.69. The van der Waals surface area contributed by atoms with E-state index in [2.05, 4.69) is 169 Å². The predicted molar refractivity (Wildman–Crippen MR) is 310 cm³/mol. The molecule has 21 heteroatoms. The average Bonchev–Trinajstić information content (AvgIpc) is 4.41. The van der Waals surface area contributed by atoms with Gasteiger partial charge in [-0.1, -0.05) is 163 Å². The molecule has 8 atom stereocenters. The van der Waals surface area contributed by atoms with Gasteiger partial charge in [-0.05, 0) is 30.8 Å². The Balaban J connectivity index is 0.997. The van der Waals surface area contributed by atoms with E-state index in [4.69, 9.17) is 48.3 Å². The van der Waals surface area contributed by atoms with E-state index in [1.807, 2.05) is 52.4 Å². The van der Waals surface area contributed by atoms with Crippen molar-refractivity contribution in [3.63, 3.8) is 0 Å². The highest BCUT2D eigenvalue weighted by Gasteiger charge is 2.58. The van der Waals surface area contributed by atoms with Gasteiger partial charge in [0.05, 0.1) is 38.3 Å². The molecule has 2 saturated heterocycles. The second-order valence-corrected chi connectivity index (χ2v) is 30.9. The summed E-state index contributed by atoms with van der Waals surface area (Å²) >= 11 is 0. The molecule has 0 unspecified atom stereocenters. The number of hydrogen-bond donors (Lipinski definition) is 2. The zero-order valence-electron chi connectivity index (χ0n) is 46.6. The highest BCUT2D eigenvalue weighted by Crippen LogP contribution is 2.44. The summed E-state index contributed by atoms with van der Waals surface area (Å²) in [6.45, 7) is 14.1. The first-order valence-electron chi connectivity index (χ1n) is 26.7. The maximum Gasteiger partial charge on any atom is 0.261 e. The Morgan fingerprint density at radius 1 is 0.608 bits per heavy atom. The predicted octanol–water partition coefficient (Wildman–Crippen LogP) is 5.95. The molecule has 10 rings (SSSR count). The molecule has 0 spiro atoms. The van der Waals surface area contributed by atoms with Crippen molar-refractivity contribution in [2.45, 2.75) is 94.6 Å². The minimum Gasteiger partial charge on any atom is -0.405 e. The van der Waals surface area contributed by atoms with Crippen molar-refractivity contribution in [3.8, 4) is 0 Å². The quantitative estimate of drug-likeness (QED) is 0.0297. The number of anilines is 1. The third-order valence-corrected chi connectivity index (χ3v) is 25.3. The van der Waals surface area contributed by atoms with Crippen molar-refractivity contribution in [2.75, 3.05) is 53.8 Å². The first-order chi connectivity index (χ1) is 38.1. The fraction of sp³-hybridized carbons (Fsp3) is 0.397. The van der Waals surface area contributed by atoms with Crippen LogP contribution in [0.25, 0.3) is 22.3 Å². The fourth-order valence-corrected chi connectivity index (χ4v) is 21.0. The van der Waals surface area contributed by atoms with Crippen LogP contribution in [0.3, 0.4) is 0 Å². The average molecular weight is 1110 g/mol. The molecule has 19 nitrogen and oxygen atoms in total. The molecule has 0 radical (unpaired) electrons. The largest absolute Gasteiger partial charge is 0.405 e. The van der Waals surface area contributed by atoms with Gasteiger partial charge < -0.3 is 38.4 Å². The summed E-state index contributed by atoms with van der Waals surface area (Å²) < 4.78 is 46.5. The Morgan fingerprint density at radius 2 is 1.09 bits per heavy atom. The summed E-state index contributed by atoms with van der Waals surface area (Å²) in [5.74, 6) is 0.357. The number of hydrogen-bond acceptors (Lipinski definition) is 16. The summed E-state index contributed by atoms with van der Waals surface area (Å²) in [6, 6.07) is 42.2. The molecule has 4 aromatic carbocycles. The lowest BCUT2D eigenvalue weighted by atomic mass is 9.98. The number of rotatable bonds is 20. The van der Waals surface area contributed by atoms with Crippen LogP contribution in [0.1, 0.15) is 54.0 Å². The number of methoxy groups -OCH3 is 2. The van der Waals surface area contributed by atoms with E-state index in [1.165, 1.54) is 12.7 Å². The minimum absolute atomic E-state index is 0.0557. The van der Waals surface area contributed by atoms with Crippen molar-refractivity contribution >= 4 is 77.7 Å². The summed E-state index contributed by atoms with van der Waals surface area (Å²) in [6.07, 6.45) is 3.51. The van der Waals surface area contributed by atoms with Gasteiger partial charge in [-0.15, -0.1) is 0 Å². The van der Waals surface area contributed by atoms with Gasteiger partial charge in [0.1, 0.15) is 42.6 Å². The number of aromatic nitrogens is 8. The number of benzene rings is 4. The van der Waals surface area contributed by atoms with Crippen LogP contribution in [0.15, 0.2) is 152 Å². The molecule has 2 fully saturated rings. The van der Waals surface area contributed by atoms with Crippen LogP contribution in [-0.4, -0.2) is 146 Å². The van der Waals surface area contributed by atoms with Crippen molar-refractivity contribution in [1.29, 1.82) is 0 Å². The molecule has 414 valence electrons. The van der Waals surface area contributed by atoms with Gasteiger partial charge in [0.15, 0.2) is 40.9 Å². The second-order valence-electron chi connectivity index (χ2n) is 22.4. The van der Waals surface area contributed by atoms with Crippen LogP contribution >= 0.6 is 0 Å². The van der Waals surface area contributed by atoms with Crippen molar-refractivity contribution in [1.82, 2.24) is 49.4 Å². The zero-order chi connectivity index (χ0) is 55.5. The third-order valence-electron chi connectivity index (χ3n) is 15.3. The Bertz CT molecular complexity index is 3230. The molecule has 0 bridgehead atoms. The zero-order valence-corrected chi connectivity index (χ0v) is 48.6. The fourth-order valence-electron chi connectivity index (χ4n) is 11.7. The number of nitrogens with two attached hydrogens (primary N) is 1. The second kappa shape index (κ2) is 23.2. The van der Waals surface area contributed by atoms with Crippen LogP contribution in [0.2, 0.25) is 10.1 Å². The monoisotopic (exact) mass is 1100 g/mol. The van der Waals surface area contributed by atoms with E-state index in [0.29, 0.717) is 28.1 Å². The molecule has 3 N–H and O–H groups in total. The van der Waals surface area contributed by atoms with Crippen LogP contribution < -0.4 is 32.0 Å². The topological polar surface area (TPSA) is 205 Å². The van der Waals surface area contributed by atoms with Gasteiger partial charge >= 0.3 is 0 Å². The van der Waals surface area contributed by atoms with Gasteiger partial charge in [-0.3, -0.25) is 14.0 Å². The molecule has 0 aliphatic carbocycles. The smallest absolute Gasteiger partial charge is 0.261 e. The van der Waals surface area contributed by atoms with E-state index in [-0.39, 0.29) is 41.6 Å².